The molecule has 30 heavy (non-hydrogen) atoms. The molecule has 0 aromatic heterocycles. The van der Waals surface area contributed by atoms with Crippen LogP contribution in [0.5, 0.6) is 17.2 Å². The summed E-state index contributed by atoms with van der Waals surface area (Å²) in [6.45, 7) is 0.333. The number of benzene rings is 3. The number of hydrogen-bond acceptors (Lipinski definition) is 5. The third-order valence-electron chi connectivity index (χ3n) is 4.21. The van der Waals surface area contributed by atoms with E-state index >= 15 is 0 Å². The first-order valence-electron chi connectivity index (χ1n) is 8.81. The molecule has 3 rings (SSSR count). The Kier molecular flexibility index (Phi) is 7.10. The summed E-state index contributed by atoms with van der Waals surface area (Å²) in [4.78, 5) is -0.394. The Labute approximate surface area is 185 Å². The molecule has 0 fully saturated rings. The van der Waals surface area contributed by atoms with Crippen LogP contribution in [0.3, 0.4) is 0 Å². The van der Waals surface area contributed by atoms with E-state index in [0.29, 0.717) is 23.7 Å². The lowest BCUT2D eigenvalue weighted by atomic mass is 10.2. The third-order valence-corrected chi connectivity index (χ3v) is 6.14. The van der Waals surface area contributed by atoms with Crippen molar-refractivity contribution in [1.82, 2.24) is 4.72 Å². The summed E-state index contributed by atoms with van der Waals surface area (Å²) < 4.78 is 38.7. The Morgan fingerprint density at radius 2 is 1.70 bits per heavy atom. The average Bonchev–Trinajstić information content (AvgIpc) is 2.74. The molecule has 0 saturated heterocycles. The van der Waals surface area contributed by atoms with Gasteiger partial charge in [-0.2, -0.15) is 0 Å². The number of phenolic OH excluding ortho intramolecular Hbond substituents is 1. The van der Waals surface area contributed by atoms with Gasteiger partial charge >= 0.3 is 0 Å². The molecular formula is C21H19Cl2NO5S. The van der Waals surface area contributed by atoms with Gasteiger partial charge < -0.3 is 14.6 Å². The summed E-state index contributed by atoms with van der Waals surface area (Å²) in [6, 6.07) is 17.2. The fourth-order valence-electron chi connectivity index (χ4n) is 2.68. The SMILES string of the molecule is COc1cc(CNS(=O)(=O)c2cc(Cl)cc(Cl)c2O)ccc1OCc1ccccc1. The first-order valence-corrected chi connectivity index (χ1v) is 11.1. The highest BCUT2D eigenvalue weighted by Gasteiger charge is 2.21. The number of halogens is 2. The Bertz CT molecular complexity index is 1140. The van der Waals surface area contributed by atoms with E-state index in [1.54, 1.807) is 18.2 Å². The molecule has 0 saturated carbocycles. The van der Waals surface area contributed by atoms with E-state index in [9.17, 15) is 13.5 Å². The van der Waals surface area contributed by atoms with Gasteiger partial charge in [-0.1, -0.05) is 59.6 Å². The fourth-order valence-corrected chi connectivity index (χ4v) is 4.45. The summed E-state index contributed by atoms with van der Waals surface area (Å²) in [5, 5.41) is 9.93. The number of rotatable bonds is 8. The lowest BCUT2D eigenvalue weighted by Crippen LogP contribution is -2.23. The number of ether oxygens (including phenoxy) is 2. The monoisotopic (exact) mass is 467 g/mol. The van der Waals surface area contributed by atoms with Gasteiger partial charge in [-0.3, -0.25) is 0 Å². The lowest BCUT2D eigenvalue weighted by Gasteiger charge is -2.13. The van der Waals surface area contributed by atoms with Crippen LogP contribution in [0, 0.1) is 0 Å². The molecule has 0 amide bonds. The molecule has 9 heteroatoms. The van der Waals surface area contributed by atoms with Gasteiger partial charge in [-0.15, -0.1) is 0 Å². The first kappa shape index (κ1) is 22.2. The van der Waals surface area contributed by atoms with Gasteiger partial charge in [-0.25, -0.2) is 13.1 Å². The van der Waals surface area contributed by atoms with Crippen molar-refractivity contribution in [1.29, 1.82) is 0 Å². The third kappa shape index (κ3) is 5.37. The van der Waals surface area contributed by atoms with Crippen molar-refractivity contribution in [3.8, 4) is 17.2 Å². The largest absolute Gasteiger partial charge is 0.505 e. The molecule has 0 aliphatic heterocycles. The minimum Gasteiger partial charge on any atom is -0.505 e. The standard InChI is InChI=1S/C21H19Cl2NO5S/c1-28-19-9-15(7-8-18(19)29-13-14-5-3-2-4-6-14)12-24-30(26,27)20-11-16(22)10-17(23)21(20)25/h2-11,24-25H,12-13H2,1H3. The highest BCUT2D eigenvalue weighted by Crippen LogP contribution is 2.34. The predicted molar refractivity (Wildman–Crippen MR) is 116 cm³/mol. The molecule has 3 aromatic rings. The normalized spacial score (nSPS) is 11.3. The summed E-state index contributed by atoms with van der Waals surface area (Å²) in [5.74, 6) is 0.444. The number of phenols is 1. The maximum absolute atomic E-state index is 12.6. The average molecular weight is 468 g/mol. The zero-order valence-electron chi connectivity index (χ0n) is 15.9. The van der Waals surface area contributed by atoms with Gasteiger partial charge in [0.25, 0.3) is 0 Å². The molecule has 2 N–H and O–H groups in total. The van der Waals surface area contributed by atoms with Crippen molar-refractivity contribution >= 4 is 33.2 Å². The van der Waals surface area contributed by atoms with Crippen LogP contribution in [0.25, 0.3) is 0 Å². The molecule has 0 unspecified atom stereocenters. The van der Waals surface area contributed by atoms with Crippen LogP contribution < -0.4 is 14.2 Å². The Hall–Kier alpha value is -2.45. The first-order chi connectivity index (χ1) is 14.3. The maximum Gasteiger partial charge on any atom is 0.244 e. The molecule has 0 bridgehead atoms. The summed E-state index contributed by atoms with van der Waals surface area (Å²) in [5.41, 5.74) is 1.64. The van der Waals surface area contributed by atoms with Crippen molar-refractivity contribution in [3.05, 3.63) is 81.8 Å². The molecule has 6 nitrogen and oxygen atoms in total. The molecule has 158 valence electrons. The van der Waals surface area contributed by atoms with E-state index in [1.165, 1.54) is 13.2 Å². The van der Waals surface area contributed by atoms with E-state index in [2.05, 4.69) is 4.72 Å². The molecule has 0 radical (unpaired) electrons. The Morgan fingerprint density at radius 3 is 2.40 bits per heavy atom. The van der Waals surface area contributed by atoms with E-state index in [1.807, 2.05) is 30.3 Å². The van der Waals surface area contributed by atoms with Gasteiger partial charge in [0.05, 0.1) is 12.1 Å². The van der Waals surface area contributed by atoms with E-state index < -0.39 is 20.7 Å². The quantitative estimate of drug-likeness (QED) is 0.498. The summed E-state index contributed by atoms with van der Waals surface area (Å²) in [7, 11) is -2.55. The Balaban J connectivity index is 1.73. The van der Waals surface area contributed by atoms with Crippen LogP contribution in [-0.4, -0.2) is 20.6 Å². The zero-order chi connectivity index (χ0) is 21.7. The van der Waals surface area contributed by atoms with Gasteiger partial charge in [-0.05, 0) is 35.4 Å². The predicted octanol–water partition coefficient (Wildman–Crippen LogP) is 4.77. The molecule has 0 spiro atoms. The highest BCUT2D eigenvalue weighted by atomic mass is 35.5. The van der Waals surface area contributed by atoms with Crippen LogP contribution in [-0.2, 0) is 23.2 Å². The van der Waals surface area contributed by atoms with Crippen molar-refractivity contribution in [2.45, 2.75) is 18.0 Å². The van der Waals surface area contributed by atoms with Crippen molar-refractivity contribution in [2.75, 3.05) is 7.11 Å². The summed E-state index contributed by atoms with van der Waals surface area (Å²) in [6.07, 6.45) is 0. The van der Waals surface area contributed by atoms with Gasteiger partial charge in [0.2, 0.25) is 10.0 Å². The highest BCUT2D eigenvalue weighted by molar-refractivity contribution is 7.89. The fraction of sp³-hybridized carbons (Fsp3) is 0.143. The minimum absolute atomic E-state index is 0.0404. The zero-order valence-corrected chi connectivity index (χ0v) is 18.3. The van der Waals surface area contributed by atoms with Crippen molar-refractivity contribution in [3.63, 3.8) is 0 Å². The second-order valence-corrected chi connectivity index (χ2v) is 8.90. The number of sulfonamides is 1. The molecular weight excluding hydrogens is 449 g/mol. The van der Waals surface area contributed by atoms with E-state index in [4.69, 9.17) is 32.7 Å². The molecule has 0 atom stereocenters. The maximum atomic E-state index is 12.6. The second kappa shape index (κ2) is 9.57. The van der Waals surface area contributed by atoms with Crippen molar-refractivity contribution in [2.24, 2.45) is 0 Å². The van der Waals surface area contributed by atoms with Crippen LogP contribution in [0.1, 0.15) is 11.1 Å². The van der Waals surface area contributed by atoms with Gasteiger partial charge in [0.1, 0.15) is 11.5 Å². The second-order valence-electron chi connectivity index (χ2n) is 6.32. The minimum atomic E-state index is -4.05. The van der Waals surface area contributed by atoms with Crippen LogP contribution in [0.4, 0.5) is 0 Å². The molecule has 3 aromatic carbocycles. The molecule has 0 aliphatic rings. The van der Waals surface area contributed by atoms with Crippen molar-refractivity contribution < 1.29 is 23.0 Å². The topological polar surface area (TPSA) is 84.9 Å². The number of aromatic hydroxyl groups is 1. The molecule has 0 heterocycles. The van der Waals surface area contributed by atoms with E-state index in [-0.39, 0.29) is 16.6 Å². The lowest BCUT2D eigenvalue weighted by molar-refractivity contribution is 0.284. The summed E-state index contributed by atoms with van der Waals surface area (Å²) >= 11 is 11.7. The van der Waals surface area contributed by atoms with E-state index in [0.717, 1.165) is 11.6 Å². The Morgan fingerprint density at radius 1 is 0.967 bits per heavy atom. The van der Waals surface area contributed by atoms with Crippen LogP contribution >= 0.6 is 23.2 Å². The van der Waals surface area contributed by atoms with Crippen LogP contribution in [0.2, 0.25) is 10.0 Å². The number of nitrogens with one attached hydrogen (secondary N) is 1. The molecule has 0 aliphatic carbocycles. The van der Waals surface area contributed by atoms with Gasteiger partial charge in [0, 0.05) is 11.6 Å². The number of methoxy groups -OCH3 is 1. The van der Waals surface area contributed by atoms with Crippen LogP contribution in [0.15, 0.2) is 65.6 Å². The van der Waals surface area contributed by atoms with Gasteiger partial charge in [0.15, 0.2) is 17.2 Å². The number of hydrogen-bond donors (Lipinski definition) is 2. The smallest absolute Gasteiger partial charge is 0.244 e.